The highest BCUT2D eigenvalue weighted by atomic mass is 35.5. The minimum Gasteiger partial charge on any atom is -0.478 e. The Labute approximate surface area is 185 Å². The lowest BCUT2D eigenvalue weighted by atomic mass is 10.00. The third kappa shape index (κ3) is 5.26. The van der Waals surface area contributed by atoms with Crippen molar-refractivity contribution in [2.24, 2.45) is 0 Å². The van der Waals surface area contributed by atoms with E-state index in [1.807, 2.05) is 0 Å². The Morgan fingerprint density at radius 1 is 0.969 bits per heavy atom. The van der Waals surface area contributed by atoms with Gasteiger partial charge < -0.3 is 5.11 Å². The van der Waals surface area contributed by atoms with Gasteiger partial charge in [0.25, 0.3) is 0 Å². The average molecular weight is 488 g/mol. The largest absolute Gasteiger partial charge is 0.478 e. The summed E-state index contributed by atoms with van der Waals surface area (Å²) < 4.78 is 81.6. The van der Waals surface area contributed by atoms with E-state index in [-0.39, 0.29) is 11.6 Å². The summed E-state index contributed by atoms with van der Waals surface area (Å²) in [5.41, 5.74) is -1.75. The molecule has 0 heterocycles. The van der Waals surface area contributed by atoms with E-state index in [9.17, 15) is 35.9 Å². The Bertz CT molecular complexity index is 1260. The van der Waals surface area contributed by atoms with Crippen molar-refractivity contribution >= 4 is 27.6 Å². The first-order chi connectivity index (χ1) is 14.9. The minimum absolute atomic E-state index is 0.139. The van der Waals surface area contributed by atoms with Crippen LogP contribution < -0.4 is 4.72 Å². The lowest BCUT2D eigenvalue weighted by Crippen LogP contribution is -2.31. The number of carbonyl (C=O) groups is 1. The fourth-order valence-corrected chi connectivity index (χ4v) is 4.55. The second-order valence-corrected chi connectivity index (χ2v) is 8.79. The average Bonchev–Trinajstić information content (AvgIpc) is 2.71. The number of sulfonamides is 1. The summed E-state index contributed by atoms with van der Waals surface area (Å²) >= 11 is 5.86. The van der Waals surface area contributed by atoms with E-state index >= 15 is 0 Å². The molecule has 5 nitrogen and oxygen atoms in total. The van der Waals surface area contributed by atoms with Crippen molar-refractivity contribution in [3.63, 3.8) is 0 Å². The first-order valence-electron chi connectivity index (χ1n) is 8.86. The van der Waals surface area contributed by atoms with Gasteiger partial charge in [0.05, 0.1) is 22.1 Å². The first-order valence-corrected chi connectivity index (χ1v) is 10.7. The number of halogens is 5. The highest BCUT2D eigenvalue weighted by Crippen LogP contribution is 2.33. The van der Waals surface area contributed by atoms with Gasteiger partial charge in [0.1, 0.15) is 5.82 Å². The van der Waals surface area contributed by atoms with E-state index < -0.39 is 50.1 Å². The van der Waals surface area contributed by atoms with Gasteiger partial charge in [-0.05, 0) is 53.6 Å². The molecule has 2 N–H and O–H groups in total. The van der Waals surface area contributed by atoms with Crippen molar-refractivity contribution in [2.75, 3.05) is 0 Å². The first kappa shape index (κ1) is 23.7. The molecule has 3 aromatic rings. The molecule has 0 bridgehead atoms. The van der Waals surface area contributed by atoms with Crippen LogP contribution in [-0.4, -0.2) is 19.5 Å². The van der Waals surface area contributed by atoms with Gasteiger partial charge >= 0.3 is 12.1 Å². The van der Waals surface area contributed by atoms with Crippen LogP contribution in [0.15, 0.2) is 71.6 Å². The van der Waals surface area contributed by atoms with Gasteiger partial charge in [-0.2, -0.15) is 17.9 Å². The van der Waals surface area contributed by atoms with Crippen LogP contribution >= 0.6 is 11.6 Å². The van der Waals surface area contributed by atoms with Gasteiger partial charge in [-0.3, -0.25) is 0 Å². The third-order valence-corrected chi connectivity index (χ3v) is 6.20. The summed E-state index contributed by atoms with van der Waals surface area (Å²) in [7, 11) is -4.82. The van der Waals surface area contributed by atoms with Crippen molar-refractivity contribution in [2.45, 2.75) is 17.1 Å². The number of nitrogens with one attached hydrogen (secondary N) is 1. The van der Waals surface area contributed by atoms with Crippen LogP contribution in [0.3, 0.4) is 0 Å². The van der Waals surface area contributed by atoms with Crippen LogP contribution in [-0.2, 0) is 16.2 Å². The molecule has 0 aliphatic carbocycles. The molecule has 1 atom stereocenters. The second kappa shape index (κ2) is 8.89. The summed E-state index contributed by atoms with van der Waals surface area (Å²) in [6, 6.07) is 10.8. The SMILES string of the molecule is O=C(O)c1ccc(C(F)(F)F)cc1S(=O)(=O)NC(c1ccc(Cl)cc1)c1cccc(F)c1. The lowest BCUT2D eigenvalue weighted by Gasteiger charge is -2.21. The van der Waals surface area contributed by atoms with Gasteiger partial charge in [0.15, 0.2) is 0 Å². The van der Waals surface area contributed by atoms with Gasteiger partial charge in [0.2, 0.25) is 10.0 Å². The van der Waals surface area contributed by atoms with Crippen molar-refractivity contribution in [1.82, 2.24) is 4.72 Å². The van der Waals surface area contributed by atoms with Crippen LogP contribution in [0.5, 0.6) is 0 Å². The third-order valence-electron chi connectivity index (χ3n) is 4.49. The summed E-state index contributed by atoms with van der Waals surface area (Å²) in [5.74, 6) is -2.40. The molecule has 3 rings (SSSR count). The number of hydrogen-bond acceptors (Lipinski definition) is 3. The van der Waals surface area contributed by atoms with Gasteiger partial charge in [-0.25, -0.2) is 17.6 Å². The molecule has 168 valence electrons. The van der Waals surface area contributed by atoms with E-state index in [1.165, 1.54) is 36.4 Å². The Hall–Kier alpha value is -2.95. The quantitative estimate of drug-likeness (QED) is 0.464. The van der Waals surface area contributed by atoms with E-state index in [0.29, 0.717) is 22.7 Å². The molecule has 11 heteroatoms. The van der Waals surface area contributed by atoms with Crippen molar-refractivity contribution in [3.05, 3.63) is 99.8 Å². The maximum Gasteiger partial charge on any atom is 0.416 e. The van der Waals surface area contributed by atoms with E-state index in [4.69, 9.17) is 11.6 Å². The Balaban J connectivity index is 2.15. The van der Waals surface area contributed by atoms with E-state index in [0.717, 1.165) is 12.1 Å². The molecule has 3 aromatic carbocycles. The number of aromatic carboxylic acids is 1. The maximum absolute atomic E-state index is 13.8. The highest BCUT2D eigenvalue weighted by Gasteiger charge is 2.35. The number of alkyl halides is 3. The number of hydrogen-bond donors (Lipinski definition) is 2. The van der Waals surface area contributed by atoms with Crippen LogP contribution in [0.4, 0.5) is 17.6 Å². The zero-order valence-corrected chi connectivity index (χ0v) is 17.5. The van der Waals surface area contributed by atoms with Gasteiger partial charge in [0, 0.05) is 5.02 Å². The predicted molar refractivity (Wildman–Crippen MR) is 108 cm³/mol. The predicted octanol–water partition coefficient (Wildman–Crippen LogP) is 5.26. The fourth-order valence-electron chi connectivity index (χ4n) is 2.99. The normalized spacial score (nSPS) is 13.0. The maximum atomic E-state index is 13.8. The zero-order valence-electron chi connectivity index (χ0n) is 15.9. The molecule has 0 spiro atoms. The van der Waals surface area contributed by atoms with Crippen molar-refractivity contribution in [1.29, 1.82) is 0 Å². The highest BCUT2D eigenvalue weighted by molar-refractivity contribution is 7.89. The Morgan fingerprint density at radius 3 is 2.19 bits per heavy atom. The van der Waals surface area contributed by atoms with Crippen molar-refractivity contribution in [3.8, 4) is 0 Å². The number of benzene rings is 3. The number of carboxylic acids is 1. The molecule has 0 amide bonds. The number of carboxylic acid groups (broad SMARTS) is 1. The van der Waals surface area contributed by atoms with Gasteiger partial charge in [-0.1, -0.05) is 35.9 Å². The molecule has 0 aromatic heterocycles. The molecule has 32 heavy (non-hydrogen) atoms. The monoisotopic (exact) mass is 487 g/mol. The van der Waals surface area contributed by atoms with Crippen LogP contribution in [0.2, 0.25) is 5.02 Å². The summed E-state index contributed by atoms with van der Waals surface area (Å²) in [6.07, 6.45) is -4.90. The molecule has 0 saturated heterocycles. The Kier molecular flexibility index (Phi) is 6.59. The molecule has 0 aliphatic rings. The topological polar surface area (TPSA) is 83.5 Å². The molecule has 0 radical (unpaired) electrons. The summed E-state index contributed by atoms with van der Waals surface area (Å²) in [6.45, 7) is 0. The lowest BCUT2D eigenvalue weighted by molar-refractivity contribution is -0.137. The van der Waals surface area contributed by atoms with Crippen molar-refractivity contribution < 1.29 is 35.9 Å². The zero-order chi connectivity index (χ0) is 23.7. The molecule has 0 saturated carbocycles. The molecule has 1 unspecified atom stereocenters. The molecule has 0 aliphatic heterocycles. The summed E-state index contributed by atoms with van der Waals surface area (Å²) in [5, 5.41) is 9.65. The molecular weight excluding hydrogens is 474 g/mol. The molecule has 0 fully saturated rings. The van der Waals surface area contributed by atoms with Gasteiger partial charge in [-0.15, -0.1) is 0 Å². The van der Waals surface area contributed by atoms with E-state index in [2.05, 4.69) is 4.72 Å². The summed E-state index contributed by atoms with van der Waals surface area (Å²) in [4.78, 5) is 10.4. The van der Waals surface area contributed by atoms with Crippen LogP contribution in [0.25, 0.3) is 0 Å². The fraction of sp³-hybridized carbons (Fsp3) is 0.0952. The van der Waals surface area contributed by atoms with Crippen LogP contribution in [0.1, 0.15) is 33.1 Å². The second-order valence-electron chi connectivity index (χ2n) is 6.67. The van der Waals surface area contributed by atoms with Crippen LogP contribution in [0, 0.1) is 5.82 Å². The minimum atomic E-state index is -4.90. The number of rotatable bonds is 6. The standard InChI is InChI=1S/C21H14ClF4NO4S/c22-15-7-4-12(5-8-15)19(13-2-1-3-16(23)10-13)27-32(30,31)18-11-14(21(24,25)26)6-9-17(18)20(28)29/h1-11,19,27H,(H,28,29). The molecular formula is C21H14ClF4NO4S. The smallest absolute Gasteiger partial charge is 0.416 e. The van der Waals surface area contributed by atoms with E-state index in [1.54, 1.807) is 0 Å². The Morgan fingerprint density at radius 2 is 1.62 bits per heavy atom.